The van der Waals surface area contributed by atoms with Crippen LogP contribution in [-0.2, 0) is 4.79 Å². The Morgan fingerprint density at radius 3 is 1.00 bits per heavy atom. The molecule has 8 nitrogen and oxygen atoms in total. The summed E-state index contributed by atoms with van der Waals surface area (Å²) in [6, 6.07) is 0. The second-order valence-corrected chi connectivity index (χ2v) is 1.01. The predicted molar refractivity (Wildman–Crippen MR) is 40.6 cm³/mol. The van der Waals surface area contributed by atoms with E-state index in [4.69, 9.17) is 21.0 Å². The molecule has 0 aliphatic rings. The Morgan fingerprint density at radius 2 is 1.00 bits per heavy atom. The quantitative estimate of drug-likeness (QED) is 0.118. The van der Waals surface area contributed by atoms with Gasteiger partial charge in [-0.2, -0.15) is 0 Å². The molecule has 0 aromatic rings. The number of hydrogen-bond donors (Lipinski definition) is 7. The lowest BCUT2D eigenvalue weighted by atomic mass is 11.1. The van der Waals surface area contributed by atoms with Gasteiger partial charge in [-0.25, -0.2) is 10.2 Å². The summed E-state index contributed by atoms with van der Waals surface area (Å²) in [6.45, 7) is 0. The number of nitrogens with one attached hydrogen (secondary N) is 3. The summed E-state index contributed by atoms with van der Waals surface area (Å²) in [5.41, 5.74) is 17.9. The van der Waals surface area contributed by atoms with Gasteiger partial charge in [0.25, 0.3) is 0 Å². The van der Waals surface area contributed by atoms with E-state index in [1.807, 2.05) is 0 Å². The lowest BCUT2D eigenvalue weighted by Gasteiger charge is -1.69. The molecule has 0 atom stereocenters. The predicted octanol–water partition coefficient (Wildman–Crippen LogP) is -2.42. The van der Waals surface area contributed by atoms with Crippen molar-refractivity contribution < 1.29 is 4.79 Å². The molecular weight excluding hydrogens is 150 g/mol. The minimum atomic E-state index is -0.333. The zero-order valence-electron chi connectivity index (χ0n) is 5.72. The van der Waals surface area contributed by atoms with Gasteiger partial charge in [-0.15, -0.1) is 0 Å². The summed E-state index contributed by atoms with van der Waals surface area (Å²) in [7, 11) is 0. The Kier molecular flexibility index (Phi) is 22.7. The van der Waals surface area contributed by atoms with Crippen LogP contribution in [0.15, 0.2) is 0 Å². The molecule has 8 heteroatoms. The molecule has 0 aliphatic carbocycles. The van der Waals surface area contributed by atoms with Crippen molar-refractivity contribution in [2.75, 3.05) is 0 Å². The summed E-state index contributed by atoms with van der Waals surface area (Å²) in [4.78, 5) is 8.35. The lowest BCUT2D eigenvalue weighted by molar-refractivity contribution is 0.563. The van der Waals surface area contributed by atoms with Crippen LogP contribution < -0.4 is 22.9 Å². The van der Waals surface area contributed by atoms with Crippen LogP contribution in [0.4, 0.5) is 0 Å². The van der Waals surface area contributed by atoms with Crippen LogP contribution in [0.2, 0.25) is 0 Å². The Labute approximate surface area is 63.1 Å². The van der Waals surface area contributed by atoms with Crippen LogP contribution in [0.25, 0.3) is 0 Å². The first-order chi connectivity index (χ1) is 4.88. The largest absolute Gasteiger partial charge is 0.370 e. The fraction of sp³-hybridized carbons (Fsp3) is 0. The third kappa shape index (κ3) is 64.2. The molecule has 0 amide bonds. The van der Waals surface area contributed by atoms with Gasteiger partial charge >= 0.3 is 0 Å². The van der Waals surface area contributed by atoms with Crippen molar-refractivity contribution in [3.05, 3.63) is 0 Å². The second kappa shape index (κ2) is 15.7. The summed E-state index contributed by atoms with van der Waals surface area (Å²) >= 11 is 0. The van der Waals surface area contributed by atoms with Crippen molar-refractivity contribution in [3.63, 3.8) is 0 Å². The molecule has 0 fully saturated rings. The molecule has 0 bridgehead atoms. The van der Waals surface area contributed by atoms with Gasteiger partial charge in [0.05, 0.1) is 0 Å². The van der Waals surface area contributed by atoms with E-state index in [1.54, 1.807) is 0 Å². The first-order valence-electron chi connectivity index (χ1n) is 2.11. The van der Waals surface area contributed by atoms with Crippen LogP contribution in [0.5, 0.6) is 0 Å². The lowest BCUT2D eigenvalue weighted by Crippen LogP contribution is -2.20. The average molecular weight is 161 g/mol. The zero-order chi connectivity index (χ0) is 9.86. The maximum Gasteiger partial charge on any atom is 0.231 e. The molecule has 0 saturated heterocycles. The van der Waals surface area contributed by atoms with Gasteiger partial charge in [-0.3, -0.25) is 10.8 Å². The van der Waals surface area contributed by atoms with Gasteiger partial charge in [0, 0.05) is 0 Å². The molecule has 0 saturated carbocycles. The van der Waals surface area contributed by atoms with Crippen molar-refractivity contribution in [2.24, 2.45) is 22.9 Å². The van der Waals surface area contributed by atoms with Gasteiger partial charge in [0.15, 0.2) is 11.9 Å². The third-order valence-electron chi connectivity index (χ3n) is 0. The topological polar surface area (TPSA) is 193 Å². The molecule has 11 heavy (non-hydrogen) atoms. The smallest absolute Gasteiger partial charge is 0.231 e. The highest BCUT2D eigenvalue weighted by Gasteiger charge is 1.52. The van der Waals surface area contributed by atoms with E-state index >= 15 is 0 Å². The van der Waals surface area contributed by atoms with E-state index < -0.39 is 0 Å². The van der Waals surface area contributed by atoms with Crippen molar-refractivity contribution in [2.45, 2.75) is 0 Å². The van der Waals surface area contributed by atoms with Crippen LogP contribution in [0.3, 0.4) is 0 Å². The van der Waals surface area contributed by atoms with E-state index in [-0.39, 0.29) is 11.9 Å². The molecule has 11 N–H and O–H groups in total. The molecule has 0 rings (SSSR count). The summed E-state index contributed by atoms with van der Waals surface area (Å²) in [5.74, 6) is -0.667. The average Bonchev–Trinajstić information content (AvgIpc) is 1.60. The Hall–Kier alpha value is -2.08. The Morgan fingerprint density at radius 1 is 1.00 bits per heavy atom. The fourth-order valence-corrected chi connectivity index (χ4v) is 0. The summed E-state index contributed by atoms with van der Waals surface area (Å²) < 4.78 is 0. The van der Waals surface area contributed by atoms with Crippen LogP contribution >= 0.6 is 0 Å². The molecule has 0 aromatic carbocycles. The first-order valence-corrected chi connectivity index (χ1v) is 2.11. The molecule has 0 heterocycles. The maximum atomic E-state index is 8.35. The number of hydrogen-bond acceptors (Lipinski definition) is 4. The SMILES string of the molecule is N=C(N)N.N=C(N)N.N=C=O. The highest BCUT2D eigenvalue weighted by molar-refractivity contribution is 5.72. The molecule has 0 spiro atoms. The fourth-order valence-electron chi connectivity index (χ4n) is 0. The van der Waals surface area contributed by atoms with Crippen molar-refractivity contribution >= 4 is 18.0 Å². The number of rotatable bonds is 0. The van der Waals surface area contributed by atoms with Crippen molar-refractivity contribution in [1.29, 1.82) is 16.2 Å². The molecule has 0 aromatic heterocycles. The van der Waals surface area contributed by atoms with E-state index in [2.05, 4.69) is 22.9 Å². The van der Waals surface area contributed by atoms with Crippen LogP contribution in [0, 0.1) is 16.2 Å². The van der Waals surface area contributed by atoms with E-state index in [9.17, 15) is 0 Å². The zero-order valence-corrected chi connectivity index (χ0v) is 5.72. The number of isocyanates is 1. The van der Waals surface area contributed by atoms with E-state index in [1.165, 1.54) is 0 Å². The normalized spacial score (nSPS) is 5.09. The molecule has 0 radical (unpaired) electrons. The number of nitrogens with two attached hydrogens (primary N) is 4. The van der Waals surface area contributed by atoms with Gasteiger partial charge in [-0.1, -0.05) is 0 Å². The summed E-state index contributed by atoms with van der Waals surface area (Å²) in [5, 5.41) is 17.5. The first kappa shape index (κ1) is 16.0. The second-order valence-electron chi connectivity index (χ2n) is 1.01. The minimum Gasteiger partial charge on any atom is -0.370 e. The molecule has 64 valence electrons. The van der Waals surface area contributed by atoms with Crippen molar-refractivity contribution in [3.8, 4) is 0 Å². The standard InChI is InChI=1S/2CH5N3.CHNO/c2*2-1(3)4;2-1-3/h2*(H5,2,3,4);2H. The number of guanidine groups is 2. The van der Waals surface area contributed by atoms with Crippen LogP contribution in [0.1, 0.15) is 0 Å². The Bertz CT molecular complexity index is 126. The van der Waals surface area contributed by atoms with E-state index in [0.29, 0.717) is 0 Å². The highest BCUT2D eigenvalue weighted by atomic mass is 16.1. The monoisotopic (exact) mass is 161 g/mol. The Balaban J connectivity index is -0.0000000886. The van der Waals surface area contributed by atoms with E-state index in [0.717, 1.165) is 6.08 Å². The number of carbonyl (C=O) groups excluding carboxylic acids is 1. The minimum absolute atomic E-state index is 0.333. The third-order valence-corrected chi connectivity index (χ3v) is 0. The van der Waals surface area contributed by atoms with Gasteiger partial charge in [0.2, 0.25) is 6.08 Å². The van der Waals surface area contributed by atoms with Crippen LogP contribution in [-0.4, -0.2) is 18.0 Å². The van der Waals surface area contributed by atoms with Gasteiger partial charge < -0.3 is 22.9 Å². The van der Waals surface area contributed by atoms with Gasteiger partial charge in [-0.05, 0) is 0 Å². The van der Waals surface area contributed by atoms with Crippen molar-refractivity contribution in [1.82, 2.24) is 0 Å². The van der Waals surface area contributed by atoms with Gasteiger partial charge in [0.1, 0.15) is 0 Å². The summed E-state index contributed by atoms with van der Waals surface area (Å²) in [6.07, 6.45) is 0.750. The molecular formula is C3H11N7O. The molecule has 0 aliphatic heterocycles. The maximum absolute atomic E-state index is 8.35. The molecule has 0 unspecified atom stereocenters. The highest BCUT2D eigenvalue weighted by Crippen LogP contribution is 1.13.